The topological polar surface area (TPSA) is 55.6 Å². The van der Waals surface area contributed by atoms with Crippen LogP contribution in [0, 0.1) is 18.3 Å². The van der Waals surface area contributed by atoms with Crippen LogP contribution in [0.25, 0.3) is 5.69 Å². The Hall–Kier alpha value is -2.90. The van der Waals surface area contributed by atoms with Gasteiger partial charge in [0.2, 0.25) is 0 Å². The molecule has 0 radical (unpaired) electrons. The zero-order valence-electron chi connectivity index (χ0n) is 19.4. The zero-order chi connectivity index (χ0) is 23.9. The van der Waals surface area contributed by atoms with Gasteiger partial charge in [0, 0.05) is 5.69 Å². The van der Waals surface area contributed by atoms with E-state index in [0.717, 1.165) is 49.1 Å². The molecule has 176 valence electrons. The van der Waals surface area contributed by atoms with Crippen molar-refractivity contribution in [3.8, 4) is 5.69 Å². The highest BCUT2D eigenvalue weighted by Gasteiger charge is 2.44. The number of rotatable bonds is 4. The van der Waals surface area contributed by atoms with E-state index in [2.05, 4.69) is 41.6 Å². The molecule has 0 unspecified atom stereocenters. The van der Waals surface area contributed by atoms with E-state index in [4.69, 9.17) is 0 Å². The third-order valence-electron chi connectivity index (χ3n) is 6.81. The fraction of sp³-hybridized carbons (Fsp3) is 0.480. The Kier molecular flexibility index (Phi) is 5.97. The molecule has 0 atom stereocenters. The zero-order valence-corrected chi connectivity index (χ0v) is 19.4. The summed E-state index contributed by atoms with van der Waals surface area (Å²) >= 11 is 0. The van der Waals surface area contributed by atoms with Gasteiger partial charge in [0.15, 0.2) is 5.82 Å². The number of nitrogens with one attached hydrogen (secondary N) is 1. The third kappa shape index (κ3) is 4.89. The Bertz CT molecular complexity index is 1090. The summed E-state index contributed by atoms with van der Waals surface area (Å²) in [6, 6.07) is 13.2. The number of alkyl halides is 3. The van der Waals surface area contributed by atoms with Crippen LogP contribution in [-0.4, -0.2) is 20.2 Å². The van der Waals surface area contributed by atoms with Crippen molar-refractivity contribution >= 4 is 5.69 Å². The lowest BCUT2D eigenvalue weighted by Gasteiger charge is -2.44. The number of tetrazole rings is 1. The Morgan fingerprint density at radius 3 is 2.27 bits per heavy atom. The molecule has 1 N–H and O–H groups in total. The minimum Gasteiger partial charge on any atom is -0.373 e. The highest BCUT2D eigenvalue weighted by Crippen LogP contribution is 2.47. The third-order valence-corrected chi connectivity index (χ3v) is 6.81. The molecule has 1 fully saturated rings. The van der Waals surface area contributed by atoms with Crippen molar-refractivity contribution in [2.75, 3.05) is 5.32 Å². The van der Waals surface area contributed by atoms with E-state index in [1.807, 2.05) is 31.2 Å². The first-order valence-corrected chi connectivity index (χ1v) is 11.3. The molecule has 0 saturated heterocycles. The summed E-state index contributed by atoms with van der Waals surface area (Å²) in [5.74, 6) is 1.13. The molecule has 1 heterocycles. The van der Waals surface area contributed by atoms with E-state index in [9.17, 15) is 13.2 Å². The predicted molar refractivity (Wildman–Crippen MR) is 122 cm³/mol. The molecule has 1 aliphatic rings. The van der Waals surface area contributed by atoms with E-state index < -0.39 is 17.3 Å². The molecular formula is C25H30F3N5. The fourth-order valence-corrected chi connectivity index (χ4v) is 4.78. The maximum Gasteiger partial charge on any atom is 0.416 e. The number of nitrogens with zero attached hydrogens (tertiary/aromatic N) is 4. The molecule has 0 spiro atoms. The Morgan fingerprint density at radius 1 is 1.00 bits per heavy atom. The second-order valence-electron chi connectivity index (χ2n) is 10.2. The fourth-order valence-electron chi connectivity index (χ4n) is 4.78. The van der Waals surface area contributed by atoms with Crippen molar-refractivity contribution in [2.24, 2.45) is 11.3 Å². The normalized spacial score (nSPS) is 21.7. The van der Waals surface area contributed by atoms with Crippen molar-refractivity contribution in [2.45, 2.75) is 65.1 Å². The number of hydrogen-bond acceptors (Lipinski definition) is 4. The largest absolute Gasteiger partial charge is 0.416 e. The van der Waals surface area contributed by atoms with Gasteiger partial charge < -0.3 is 5.32 Å². The Balaban J connectivity index is 1.75. The van der Waals surface area contributed by atoms with E-state index in [-0.39, 0.29) is 5.41 Å². The van der Waals surface area contributed by atoms with Crippen LogP contribution in [0.3, 0.4) is 0 Å². The van der Waals surface area contributed by atoms with E-state index in [1.54, 1.807) is 10.7 Å². The first-order valence-electron chi connectivity index (χ1n) is 11.3. The van der Waals surface area contributed by atoms with Gasteiger partial charge in [-0.3, -0.25) is 0 Å². The number of aryl methyl sites for hydroxylation is 1. The molecule has 1 aromatic heterocycles. The lowest BCUT2D eigenvalue weighted by Crippen LogP contribution is -2.43. The molecule has 5 nitrogen and oxygen atoms in total. The molecule has 1 aliphatic carbocycles. The van der Waals surface area contributed by atoms with Gasteiger partial charge in [-0.1, -0.05) is 44.5 Å². The number of anilines is 1. The summed E-state index contributed by atoms with van der Waals surface area (Å²) < 4.78 is 41.8. The predicted octanol–water partition coefficient (Wildman–Crippen LogP) is 6.53. The summed E-state index contributed by atoms with van der Waals surface area (Å²) in [6.07, 6.45) is -1.11. The highest BCUT2D eigenvalue weighted by atomic mass is 19.4. The summed E-state index contributed by atoms with van der Waals surface area (Å²) in [4.78, 5) is 0. The van der Waals surface area contributed by atoms with E-state index >= 15 is 0 Å². The summed E-state index contributed by atoms with van der Waals surface area (Å²) in [5, 5.41) is 16.0. The van der Waals surface area contributed by atoms with Gasteiger partial charge in [0.1, 0.15) is 0 Å². The molecule has 4 rings (SSSR count). The monoisotopic (exact) mass is 457 g/mol. The Morgan fingerprint density at radius 2 is 1.67 bits per heavy atom. The number of aromatic nitrogens is 4. The van der Waals surface area contributed by atoms with Crippen LogP contribution < -0.4 is 5.32 Å². The lowest BCUT2D eigenvalue weighted by molar-refractivity contribution is -0.137. The van der Waals surface area contributed by atoms with Gasteiger partial charge in [-0.25, -0.2) is 0 Å². The van der Waals surface area contributed by atoms with Crippen molar-refractivity contribution < 1.29 is 13.2 Å². The average Bonchev–Trinajstić information content (AvgIpc) is 3.24. The molecule has 0 bridgehead atoms. The molecule has 33 heavy (non-hydrogen) atoms. The summed E-state index contributed by atoms with van der Waals surface area (Å²) in [7, 11) is 0. The standard InChI is InChI=1S/C25H30F3N5/c1-17-8-10-21(11-9-17)33-22(30-31-32-33)24(14-12-18(13-15-24)23(2,3)4)29-20-7-5-6-19(16-20)25(26,27)28/h5-11,16,18,29H,12-15H2,1-4H3. The van der Waals surface area contributed by atoms with Gasteiger partial charge in [-0.05, 0) is 84.7 Å². The van der Waals surface area contributed by atoms with Crippen LogP contribution in [0.2, 0.25) is 0 Å². The van der Waals surface area contributed by atoms with Crippen LogP contribution >= 0.6 is 0 Å². The van der Waals surface area contributed by atoms with Crippen LogP contribution in [0.15, 0.2) is 48.5 Å². The number of hydrogen-bond donors (Lipinski definition) is 1. The lowest BCUT2D eigenvalue weighted by atomic mass is 9.67. The molecule has 0 amide bonds. The second kappa shape index (κ2) is 8.47. The molecule has 0 aliphatic heterocycles. The van der Waals surface area contributed by atoms with Crippen LogP contribution in [0.4, 0.5) is 18.9 Å². The van der Waals surface area contributed by atoms with Gasteiger partial charge in [-0.15, -0.1) is 5.10 Å². The minimum atomic E-state index is -4.40. The van der Waals surface area contributed by atoms with Gasteiger partial charge in [0.25, 0.3) is 0 Å². The maximum atomic E-state index is 13.4. The average molecular weight is 458 g/mol. The van der Waals surface area contributed by atoms with E-state index in [0.29, 0.717) is 17.4 Å². The Labute approximate surface area is 192 Å². The van der Waals surface area contributed by atoms with Crippen LogP contribution in [0.5, 0.6) is 0 Å². The van der Waals surface area contributed by atoms with Crippen molar-refractivity contribution in [1.29, 1.82) is 0 Å². The molecule has 3 aromatic rings. The first kappa shape index (κ1) is 23.3. The van der Waals surface area contributed by atoms with Crippen molar-refractivity contribution in [3.63, 3.8) is 0 Å². The van der Waals surface area contributed by atoms with Crippen molar-refractivity contribution in [1.82, 2.24) is 20.2 Å². The first-order chi connectivity index (χ1) is 15.5. The SMILES string of the molecule is Cc1ccc(-n2nnnc2C2(Nc3cccc(C(F)(F)F)c3)CCC(C(C)(C)C)CC2)cc1. The number of benzene rings is 2. The van der Waals surface area contributed by atoms with Gasteiger partial charge in [0.05, 0.1) is 16.8 Å². The van der Waals surface area contributed by atoms with E-state index in [1.165, 1.54) is 6.07 Å². The molecule has 2 aromatic carbocycles. The quantitative estimate of drug-likeness (QED) is 0.484. The minimum absolute atomic E-state index is 0.158. The molecule has 1 saturated carbocycles. The van der Waals surface area contributed by atoms with Gasteiger partial charge >= 0.3 is 6.18 Å². The van der Waals surface area contributed by atoms with Crippen molar-refractivity contribution in [3.05, 3.63) is 65.5 Å². The second-order valence-corrected chi connectivity index (χ2v) is 10.2. The number of halogens is 3. The molecular weight excluding hydrogens is 427 g/mol. The molecule has 8 heteroatoms. The van der Waals surface area contributed by atoms with Gasteiger partial charge in [-0.2, -0.15) is 17.9 Å². The summed E-state index contributed by atoms with van der Waals surface area (Å²) in [5.41, 5.74) is 1.16. The van der Waals surface area contributed by atoms with Crippen LogP contribution in [-0.2, 0) is 11.7 Å². The smallest absolute Gasteiger partial charge is 0.373 e. The summed E-state index contributed by atoms with van der Waals surface area (Å²) in [6.45, 7) is 8.72. The van der Waals surface area contributed by atoms with Crippen LogP contribution in [0.1, 0.15) is 63.4 Å². The maximum absolute atomic E-state index is 13.4. The highest BCUT2D eigenvalue weighted by molar-refractivity contribution is 5.50.